The summed E-state index contributed by atoms with van der Waals surface area (Å²) >= 11 is 0. The van der Waals surface area contributed by atoms with Crippen LogP contribution in [0.3, 0.4) is 0 Å². The summed E-state index contributed by atoms with van der Waals surface area (Å²) in [5.74, 6) is 1.30. The molecule has 5 atom stereocenters. The van der Waals surface area contributed by atoms with E-state index in [1.165, 1.54) is 16.7 Å². The van der Waals surface area contributed by atoms with Gasteiger partial charge in [-0.3, -0.25) is 9.69 Å². The average molecular weight is 442 g/mol. The van der Waals surface area contributed by atoms with Gasteiger partial charge >= 0.3 is 0 Å². The second kappa shape index (κ2) is 7.00. The van der Waals surface area contributed by atoms with Gasteiger partial charge < -0.3 is 5.11 Å². The van der Waals surface area contributed by atoms with Crippen molar-refractivity contribution in [2.75, 3.05) is 0 Å². The fourth-order valence-electron chi connectivity index (χ4n) is 6.36. The molecule has 4 aliphatic rings. The first-order valence-corrected chi connectivity index (χ1v) is 10.1. The van der Waals surface area contributed by atoms with Crippen molar-refractivity contribution >= 4 is 22.8 Å². The molecule has 1 saturated carbocycles. The van der Waals surface area contributed by atoms with Gasteiger partial charge in [0.2, 0.25) is 0 Å². The van der Waals surface area contributed by atoms with Crippen LogP contribution in [-0.2, 0) is 23.2 Å². The lowest BCUT2D eigenvalue weighted by molar-refractivity contribution is -0.142. The van der Waals surface area contributed by atoms with Crippen molar-refractivity contribution < 1.29 is 9.90 Å². The molecule has 4 heteroatoms. The maximum absolute atomic E-state index is 12.4. The number of benzene rings is 2. The lowest BCUT2D eigenvalue weighted by atomic mass is 9.49. The van der Waals surface area contributed by atoms with Gasteiger partial charge in [-0.25, -0.2) is 0 Å². The fourth-order valence-corrected chi connectivity index (χ4v) is 6.36. The number of hydrogen-bond acceptors (Lipinski definition) is 3. The molecule has 2 aliphatic heterocycles. The summed E-state index contributed by atoms with van der Waals surface area (Å²) in [6.07, 6.45) is 3.01. The van der Waals surface area contributed by atoms with Crippen LogP contribution in [-0.4, -0.2) is 27.9 Å². The van der Waals surface area contributed by atoms with E-state index in [1.54, 1.807) is 6.92 Å². The third kappa shape index (κ3) is 2.84. The minimum absolute atomic E-state index is 0. The molecule has 0 spiro atoms. The van der Waals surface area contributed by atoms with Gasteiger partial charge in [0, 0.05) is 24.5 Å². The average Bonchev–Trinajstić information content (AvgIpc) is 2.65. The van der Waals surface area contributed by atoms with E-state index >= 15 is 0 Å². The van der Waals surface area contributed by atoms with Crippen molar-refractivity contribution in [3.05, 3.63) is 65.2 Å². The van der Waals surface area contributed by atoms with Crippen LogP contribution < -0.4 is 0 Å². The Bertz CT molecular complexity index is 899. The van der Waals surface area contributed by atoms with Crippen LogP contribution in [0.2, 0.25) is 0 Å². The largest absolute Gasteiger partial charge is 0.508 e. The summed E-state index contributed by atoms with van der Waals surface area (Å²) in [6, 6.07) is 17.3. The number of carbonyl (C=O) groups is 1. The van der Waals surface area contributed by atoms with Gasteiger partial charge in [0.1, 0.15) is 11.5 Å². The van der Waals surface area contributed by atoms with E-state index in [9.17, 15) is 9.90 Å². The second-order valence-electron chi connectivity index (χ2n) is 9.02. The Morgan fingerprint density at radius 3 is 2.64 bits per heavy atom. The quantitative estimate of drug-likeness (QED) is 0.752. The first-order chi connectivity index (χ1) is 13.0. The molecule has 6 rings (SSSR count). The molecule has 3 fully saturated rings. The number of hydrogen-bond donors (Lipinski definition) is 1. The van der Waals surface area contributed by atoms with Gasteiger partial charge in [0.25, 0.3) is 0 Å². The zero-order valence-corrected chi connectivity index (χ0v) is 18.2. The number of piperidine rings is 2. The molecule has 4 unspecified atom stereocenters. The molecule has 2 heterocycles. The molecule has 2 saturated heterocycles. The number of ketones is 1. The van der Waals surface area contributed by atoms with Gasteiger partial charge in [-0.05, 0) is 66.3 Å². The Kier molecular flexibility index (Phi) is 4.91. The molecule has 0 amide bonds. The van der Waals surface area contributed by atoms with E-state index in [4.69, 9.17) is 0 Å². The van der Waals surface area contributed by atoms with Crippen LogP contribution in [0.1, 0.15) is 43.4 Å². The summed E-state index contributed by atoms with van der Waals surface area (Å²) in [6.45, 7) is 5.05. The van der Waals surface area contributed by atoms with E-state index in [-0.39, 0.29) is 28.3 Å². The molecule has 1 N–H and O–H groups in total. The summed E-state index contributed by atoms with van der Waals surface area (Å²) in [5, 5.41) is 10.1. The van der Waals surface area contributed by atoms with Crippen molar-refractivity contribution in [3.8, 4) is 5.75 Å². The summed E-state index contributed by atoms with van der Waals surface area (Å²) < 4.78 is 0. The normalized spacial score (nSPS) is 33.1. The lowest BCUT2D eigenvalue weighted by Crippen LogP contribution is -2.69. The fraction of sp³-hybridized carbons (Fsp3) is 0.458. The van der Waals surface area contributed by atoms with Crippen LogP contribution in [0.25, 0.3) is 0 Å². The molecule has 2 aromatic rings. The van der Waals surface area contributed by atoms with Crippen LogP contribution in [0.5, 0.6) is 5.75 Å². The van der Waals surface area contributed by atoms with Crippen molar-refractivity contribution in [2.24, 2.45) is 11.8 Å². The van der Waals surface area contributed by atoms with E-state index in [1.807, 2.05) is 12.1 Å². The Morgan fingerprint density at radius 1 is 1.18 bits per heavy atom. The van der Waals surface area contributed by atoms with Crippen LogP contribution >= 0.6 is 17.0 Å². The van der Waals surface area contributed by atoms with E-state index in [0.717, 1.165) is 25.8 Å². The maximum atomic E-state index is 12.4. The number of Topliss-reactive ketones (excluding diaryl/α,β-unsaturated/α-hetero) is 1. The Balaban J connectivity index is 0.00000192. The molecule has 3 nitrogen and oxygen atoms in total. The van der Waals surface area contributed by atoms with Crippen LogP contribution in [0.4, 0.5) is 0 Å². The van der Waals surface area contributed by atoms with E-state index in [0.29, 0.717) is 29.5 Å². The number of phenolic OH excluding ortho intramolecular Hbond substituents is 1. The molecule has 28 heavy (non-hydrogen) atoms. The number of nitrogens with zero attached hydrogens (tertiary/aromatic N) is 1. The molecule has 2 aliphatic carbocycles. The number of aromatic hydroxyl groups is 1. The highest BCUT2D eigenvalue weighted by molar-refractivity contribution is 8.93. The van der Waals surface area contributed by atoms with Gasteiger partial charge in [-0.1, -0.05) is 43.3 Å². The highest BCUT2D eigenvalue weighted by atomic mass is 79.9. The Labute approximate surface area is 177 Å². The van der Waals surface area contributed by atoms with Crippen LogP contribution in [0.15, 0.2) is 48.5 Å². The van der Waals surface area contributed by atoms with Gasteiger partial charge in [0.15, 0.2) is 0 Å². The van der Waals surface area contributed by atoms with E-state index in [2.05, 4.69) is 48.2 Å². The van der Waals surface area contributed by atoms with Crippen molar-refractivity contribution in [1.29, 1.82) is 0 Å². The molecule has 4 bridgehead atoms. The number of phenols is 1. The first-order valence-electron chi connectivity index (χ1n) is 10.1. The predicted molar refractivity (Wildman–Crippen MR) is 116 cm³/mol. The topological polar surface area (TPSA) is 40.5 Å². The summed E-state index contributed by atoms with van der Waals surface area (Å²) in [4.78, 5) is 15.1. The smallest absolute Gasteiger partial charge is 0.134 e. The predicted octanol–water partition coefficient (Wildman–Crippen LogP) is 4.65. The minimum atomic E-state index is 0. The Morgan fingerprint density at radius 2 is 1.93 bits per heavy atom. The van der Waals surface area contributed by atoms with Gasteiger partial charge in [-0.15, -0.1) is 17.0 Å². The molecular weight excluding hydrogens is 414 g/mol. The number of carbonyl (C=O) groups excluding carboxylic acids is 1. The van der Waals surface area contributed by atoms with Gasteiger partial charge in [-0.2, -0.15) is 0 Å². The van der Waals surface area contributed by atoms with Crippen molar-refractivity contribution in [1.82, 2.24) is 4.90 Å². The zero-order chi connectivity index (χ0) is 18.8. The van der Waals surface area contributed by atoms with Crippen molar-refractivity contribution in [2.45, 2.75) is 57.2 Å². The number of halogens is 1. The standard InChI is InChI=1S/C24H27NO2.BrH/c1-15(26)19-12-21-22-10-17-8-9-18(27)11-20(17)24(21,2)13-23(19)25(22)14-16-6-4-3-5-7-16;/h3-9,11,19,21-23,27H,10,12-14H2,1-2H3;1H/t19?,21?,22?,23?,24-;/m1./s1. The molecule has 148 valence electrons. The lowest BCUT2D eigenvalue weighted by Gasteiger charge is -2.64. The highest BCUT2D eigenvalue weighted by Crippen LogP contribution is 2.58. The highest BCUT2D eigenvalue weighted by Gasteiger charge is 2.60. The van der Waals surface area contributed by atoms with E-state index < -0.39 is 0 Å². The van der Waals surface area contributed by atoms with Crippen molar-refractivity contribution in [3.63, 3.8) is 0 Å². The summed E-state index contributed by atoms with van der Waals surface area (Å²) in [7, 11) is 0. The summed E-state index contributed by atoms with van der Waals surface area (Å²) in [5.41, 5.74) is 4.07. The second-order valence-corrected chi connectivity index (χ2v) is 9.02. The Hall–Kier alpha value is -1.65. The molecule has 0 aromatic heterocycles. The van der Waals surface area contributed by atoms with Crippen LogP contribution in [0, 0.1) is 11.8 Å². The maximum Gasteiger partial charge on any atom is 0.134 e. The minimum Gasteiger partial charge on any atom is -0.508 e. The monoisotopic (exact) mass is 441 g/mol. The SMILES string of the molecule is Br.CC(=O)C1CC2C3Cc4ccc(O)cc4[C@@]2(C)CC1N3Cc1ccccc1. The zero-order valence-electron chi connectivity index (χ0n) is 16.5. The third-order valence-corrected chi connectivity index (χ3v) is 7.61. The third-order valence-electron chi connectivity index (χ3n) is 7.61. The first kappa shape index (κ1) is 19.7. The van der Waals surface area contributed by atoms with Gasteiger partial charge in [0.05, 0.1) is 0 Å². The molecule has 2 aromatic carbocycles. The molecular formula is C24H28BrNO2. The number of rotatable bonds is 3. The number of fused-ring (bicyclic) bond motifs is 2. The molecule has 0 radical (unpaired) electrons.